The first-order valence-corrected chi connectivity index (χ1v) is 9.78. The molecule has 0 aliphatic carbocycles. The molecule has 0 saturated heterocycles. The average molecular weight is 456 g/mol. The SMILES string of the molecule is COc1ccc(-c2cc(C(F)(F)F)n3nc(C(=O)Nc4ccc(C)cc4)cc3n2)cc1OC. The molecule has 2 aromatic carbocycles. The largest absolute Gasteiger partial charge is 0.493 e. The number of benzene rings is 2. The summed E-state index contributed by atoms with van der Waals surface area (Å²) in [6, 6.07) is 13.8. The Hall–Kier alpha value is -4.08. The maximum absolute atomic E-state index is 13.8. The third-order valence-electron chi connectivity index (χ3n) is 4.94. The van der Waals surface area contributed by atoms with Crippen molar-refractivity contribution in [2.45, 2.75) is 13.1 Å². The van der Waals surface area contributed by atoms with Gasteiger partial charge in [-0.1, -0.05) is 17.7 Å². The lowest BCUT2D eigenvalue weighted by Crippen LogP contribution is -2.15. The van der Waals surface area contributed by atoms with Gasteiger partial charge in [-0.2, -0.15) is 18.3 Å². The molecule has 7 nitrogen and oxygen atoms in total. The van der Waals surface area contributed by atoms with Crippen LogP contribution in [0.3, 0.4) is 0 Å². The van der Waals surface area contributed by atoms with E-state index in [0.29, 0.717) is 27.3 Å². The number of fused-ring (bicyclic) bond motifs is 1. The second kappa shape index (κ2) is 8.45. The fourth-order valence-corrected chi connectivity index (χ4v) is 3.26. The molecular formula is C23H19F3N4O3. The highest BCUT2D eigenvalue weighted by molar-refractivity contribution is 6.03. The monoisotopic (exact) mass is 456 g/mol. The van der Waals surface area contributed by atoms with Crippen LogP contribution in [0.15, 0.2) is 54.6 Å². The molecule has 4 rings (SSSR count). The zero-order chi connectivity index (χ0) is 23.8. The lowest BCUT2D eigenvalue weighted by molar-refractivity contribution is -0.142. The molecule has 0 unspecified atom stereocenters. The van der Waals surface area contributed by atoms with Crippen molar-refractivity contribution >= 4 is 17.2 Å². The Labute approximate surface area is 186 Å². The third kappa shape index (κ3) is 4.45. The molecule has 2 heterocycles. The number of anilines is 1. The summed E-state index contributed by atoms with van der Waals surface area (Å²) in [7, 11) is 2.88. The number of aromatic nitrogens is 3. The highest BCUT2D eigenvalue weighted by Crippen LogP contribution is 2.35. The van der Waals surface area contributed by atoms with E-state index in [1.807, 2.05) is 6.92 Å². The molecule has 1 amide bonds. The minimum absolute atomic E-state index is 0.0428. The Bertz CT molecular complexity index is 1330. The van der Waals surface area contributed by atoms with Crippen molar-refractivity contribution in [2.75, 3.05) is 19.5 Å². The maximum atomic E-state index is 13.8. The number of nitrogens with one attached hydrogen (secondary N) is 1. The van der Waals surface area contributed by atoms with Crippen LogP contribution in [0, 0.1) is 6.92 Å². The second-order valence-corrected chi connectivity index (χ2v) is 7.21. The summed E-state index contributed by atoms with van der Waals surface area (Å²) < 4.78 is 52.5. The summed E-state index contributed by atoms with van der Waals surface area (Å²) in [6.07, 6.45) is -4.73. The number of halogens is 3. The quantitative estimate of drug-likeness (QED) is 0.458. The molecule has 1 N–H and O–H groups in total. The van der Waals surface area contributed by atoms with Crippen LogP contribution in [-0.4, -0.2) is 34.7 Å². The van der Waals surface area contributed by atoms with Crippen LogP contribution < -0.4 is 14.8 Å². The van der Waals surface area contributed by atoms with E-state index in [2.05, 4.69) is 15.4 Å². The van der Waals surface area contributed by atoms with Crippen LogP contribution in [-0.2, 0) is 6.18 Å². The van der Waals surface area contributed by atoms with Gasteiger partial charge in [0.15, 0.2) is 28.5 Å². The third-order valence-corrected chi connectivity index (χ3v) is 4.94. The first kappa shape index (κ1) is 22.1. The van der Waals surface area contributed by atoms with Crippen LogP contribution >= 0.6 is 0 Å². The number of alkyl halides is 3. The molecule has 0 aliphatic rings. The number of carbonyl (C=O) groups is 1. The zero-order valence-corrected chi connectivity index (χ0v) is 17.9. The van der Waals surface area contributed by atoms with Crippen molar-refractivity contribution in [3.8, 4) is 22.8 Å². The summed E-state index contributed by atoms with van der Waals surface area (Å²) >= 11 is 0. The number of nitrogens with zero attached hydrogens (tertiary/aromatic N) is 3. The Morgan fingerprint density at radius 3 is 2.30 bits per heavy atom. The fourth-order valence-electron chi connectivity index (χ4n) is 3.26. The Balaban J connectivity index is 1.78. The molecule has 0 spiro atoms. The summed E-state index contributed by atoms with van der Waals surface area (Å²) in [4.78, 5) is 16.9. The van der Waals surface area contributed by atoms with Crippen LogP contribution in [0.4, 0.5) is 18.9 Å². The molecule has 2 aromatic heterocycles. The molecule has 0 aliphatic heterocycles. The number of ether oxygens (including phenoxy) is 2. The van der Waals surface area contributed by atoms with Gasteiger partial charge in [-0.3, -0.25) is 4.79 Å². The van der Waals surface area contributed by atoms with Crippen molar-refractivity contribution in [2.24, 2.45) is 0 Å². The van der Waals surface area contributed by atoms with Crippen molar-refractivity contribution in [1.82, 2.24) is 14.6 Å². The Kier molecular flexibility index (Phi) is 5.67. The minimum atomic E-state index is -4.73. The van der Waals surface area contributed by atoms with E-state index in [1.54, 1.807) is 36.4 Å². The molecule has 0 fully saturated rings. The Morgan fingerprint density at radius 1 is 0.970 bits per heavy atom. The number of hydrogen-bond donors (Lipinski definition) is 1. The van der Waals surface area contributed by atoms with Gasteiger partial charge in [0.2, 0.25) is 0 Å². The number of amides is 1. The van der Waals surface area contributed by atoms with E-state index in [-0.39, 0.29) is 17.0 Å². The number of hydrogen-bond acceptors (Lipinski definition) is 5. The van der Waals surface area contributed by atoms with Crippen molar-refractivity contribution in [3.05, 3.63) is 71.5 Å². The summed E-state index contributed by atoms with van der Waals surface area (Å²) in [5.41, 5.74) is 0.544. The fraction of sp³-hybridized carbons (Fsp3) is 0.174. The predicted octanol–water partition coefficient (Wildman–Crippen LogP) is 4.99. The van der Waals surface area contributed by atoms with Gasteiger partial charge in [-0.15, -0.1) is 0 Å². The number of aryl methyl sites for hydroxylation is 1. The van der Waals surface area contributed by atoms with E-state index < -0.39 is 17.8 Å². The second-order valence-electron chi connectivity index (χ2n) is 7.21. The molecule has 4 aromatic rings. The molecule has 0 atom stereocenters. The normalized spacial score (nSPS) is 11.5. The topological polar surface area (TPSA) is 77.8 Å². The van der Waals surface area contributed by atoms with Crippen LogP contribution in [0.1, 0.15) is 21.7 Å². The molecule has 170 valence electrons. The summed E-state index contributed by atoms with van der Waals surface area (Å²) in [6.45, 7) is 1.90. The van der Waals surface area contributed by atoms with Crippen LogP contribution in [0.2, 0.25) is 0 Å². The molecule has 0 bridgehead atoms. The van der Waals surface area contributed by atoms with Crippen molar-refractivity contribution < 1.29 is 27.4 Å². The van der Waals surface area contributed by atoms with Gasteiger partial charge in [0.1, 0.15) is 0 Å². The highest BCUT2D eigenvalue weighted by atomic mass is 19.4. The van der Waals surface area contributed by atoms with Gasteiger partial charge < -0.3 is 14.8 Å². The summed E-state index contributed by atoms with van der Waals surface area (Å²) in [5, 5.41) is 6.49. The van der Waals surface area contributed by atoms with Crippen LogP contribution in [0.25, 0.3) is 16.9 Å². The molecule has 0 saturated carbocycles. The Morgan fingerprint density at radius 2 is 1.67 bits per heavy atom. The first-order valence-electron chi connectivity index (χ1n) is 9.78. The molecule has 10 heteroatoms. The van der Waals surface area contributed by atoms with E-state index in [0.717, 1.165) is 11.6 Å². The number of rotatable bonds is 5. The smallest absolute Gasteiger partial charge is 0.433 e. The van der Waals surface area contributed by atoms with E-state index >= 15 is 0 Å². The molecule has 33 heavy (non-hydrogen) atoms. The number of methoxy groups -OCH3 is 2. The maximum Gasteiger partial charge on any atom is 0.433 e. The zero-order valence-electron chi connectivity index (χ0n) is 17.9. The number of carbonyl (C=O) groups excluding carboxylic acids is 1. The first-order chi connectivity index (χ1) is 15.7. The summed E-state index contributed by atoms with van der Waals surface area (Å²) in [5.74, 6) is 0.125. The molecule has 0 radical (unpaired) electrons. The minimum Gasteiger partial charge on any atom is -0.493 e. The van der Waals surface area contributed by atoms with Gasteiger partial charge in [0.25, 0.3) is 5.91 Å². The molecular weight excluding hydrogens is 437 g/mol. The van der Waals surface area contributed by atoms with E-state index in [1.165, 1.54) is 26.4 Å². The average Bonchev–Trinajstić information content (AvgIpc) is 3.23. The predicted molar refractivity (Wildman–Crippen MR) is 116 cm³/mol. The standard InChI is InChI=1S/C23H19F3N4O3/c1-13-4-7-15(8-5-13)27-22(31)17-12-21-28-16(11-20(23(24,25)26)30(21)29-17)14-6-9-18(32-2)19(10-14)33-3/h4-12H,1-3H3,(H,27,31). The van der Waals surface area contributed by atoms with Gasteiger partial charge in [-0.05, 0) is 43.3 Å². The van der Waals surface area contributed by atoms with E-state index in [9.17, 15) is 18.0 Å². The van der Waals surface area contributed by atoms with Gasteiger partial charge in [-0.25, -0.2) is 9.50 Å². The lowest BCUT2D eigenvalue weighted by Gasteiger charge is -2.12. The highest BCUT2D eigenvalue weighted by Gasteiger charge is 2.35. The van der Waals surface area contributed by atoms with Gasteiger partial charge in [0.05, 0.1) is 19.9 Å². The van der Waals surface area contributed by atoms with Gasteiger partial charge in [0, 0.05) is 17.3 Å². The van der Waals surface area contributed by atoms with Gasteiger partial charge >= 0.3 is 6.18 Å². The van der Waals surface area contributed by atoms with Crippen molar-refractivity contribution in [1.29, 1.82) is 0 Å². The lowest BCUT2D eigenvalue weighted by atomic mass is 10.1. The van der Waals surface area contributed by atoms with Crippen LogP contribution in [0.5, 0.6) is 11.5 Å². The van der Waals surface area contributed by atoms with Crippen molar-refractivity contribution in [3.63, 3.8) is 0 Å². The van der Waals surface area contributed by atoms with E-state index in [4.69, 9.17) is 9.47 Å².